The number of hydrogen-bond donors (Lipinski definition) is 0. The molecule has 5 rings (SSSR count). The third-order valence-corrected chi connectivity index (χ3v) is 6.69. The van der Waals surface area contributed by atoms with Crippen molar-refractivity contribution in [2.45, 2.75) is 45.6 Å². The fraction of sp³-hybridized carbons (Fsp3) is 0.474. The molecule has 1 aliphatic carbocycles. The maximum absolute atomic E-state index is 13.1. The number of nitrogens with zero attached hydrogens (tertiary/aromatic N) is 5. The van der Waals surface area contributed by atoms with Crippen molar-refractivity contribution in [3.05, 3.63) is 38.5 Å². The molecule has 8 heteroatoms. The molecule has 7 nitrogen and oxygen atoms in total. The number of aryl methyl sites for hydroxylation is 4. The van der Waals surface area contributed by atoms with Gasteiger partial charge in [0.25, 0.3) is 11.8 Å². The van der Waals surface area contributed by atoms with Crippen LogP contribution in [0, 0.1) is 6.92 Å². The minimum atomic E-state index is 0.122. The Morgan fingerprint density at radius 1 is 1.26 bits per heavy atom. The molecule has 1 aliphatic heterocycles. The van der Waals surface area contributed by atoms with E-state index in [4.69, 9.17) is 4.52 Å². The summed E-state index contributed by atoms with van der Waals surface area (Å²) >= 11 is 1.67. The fourth-order valence-electron chi connectivity index (χ4n) is 4.08. The Bertz CT molecular complexity index is 1010. The minimum Gasteiger partial charge on any atom is -0.333 e. The van der Waals surface area contributed by atoms with Gasteiger partial charge in [-0.3, -0.25) is 9.48 Å². The zero-order chi connectivity index (χ0) is 18.5. The number of rotatable bonds is 2. The quantitative estimate of drug-likeness (QED) is 0.680. The van der Waals surface area contributed by atoms with Gasteiger partial charge in [0.1, 0.15) is 0 Å². The first-order valence-electron chi connectivity index (χ1n) is 9.36. The highest BCUT2D eigenvalue weighted by atomic mass is 32.1. The van der Waals surface area contributed by atoms with Crippen molar-refractivity contribution in [2.24, 2.45) is 7.05 Å². The molecule has 0 radical (unpaired) electrons. The second kappa shape index (κ2) is 6.30. The molecule has 140 valence electrons. The van der Waals surface area contributed by atoms with E-state index in [1.54, 1.807) is 18.3 Å². The van der Waals surface area contributed by atoms with Gasteiger partial charge in [0.2, 0.25) is 0 Å². The van der Waals surface area contributed by atoms with Gasteiger partial charge in [-0.05, 0) is 44.2 Å². The predicted molar refractivity (Wildman–Crippen MR) is 101 cm³/mol. The van der Waals surface area contributed by atoms with Crippen LogP contribution in [0.2, 0.25) is 0 Å². The molecule has 1 amide bonds. The highest BCUT2D eigenvalue weighted by Gasteiger charge is 2.30. The van der Waals surface area contributed by atoms with Gasteiger partial charge >= 0.3 is 0 Å². The molecular formula is C19H21N5O2S. The summed E-state index contributed by atoms with van der Waals surface area (Å²) < 4.78 is 7.20. The smallest absolute Gasteiger partial charge is 0.278 e. The second-order valence-electron chi connectivity index (χ2n) is 7.29. The van der Waals surface area contributed by atoms with E-state index in [1.807, 2.05) is 16.6 Å². The average Bonchev–Trinajstić information content (AvgIpc) is 3.38. The highest BCUT2D eigenvalue weighted by molar-refractivity contribution is 7.14. The van der Waals surface area contributed by atoms with Crippen LogP contribution in [0.15, 0.2) is 10.6 Å². The second-order valence-corrected chi connectivity index (χ2v) is 8.42. The topological polar surface area (TPSA) is 77.0 Å². The molecule has 0 atom stereocenters. The van der Waals surface area contributed by atoms with Crippen molar-refractivity contribution in [2.75, 3.05) is 6.54 Å². The van der Waals surface area contributed by atoms with Crippen molar-refractivity contribution < 1.29 is 9.32 Å². The van der Waals surface area contributed by atoms with E-state index in [1.165, 1.54) is 23.3 Å². The maximum Gasteiger partial charge on any atom is 0.278 e. The van der Waals surface area contributed by atoms with Gasteiger partial charge in [0.15, 0.2) is 11.5 Å². The van der Waals surface area contributed by atoms with Crippen molar-refractivity contribution in [1.29, 1.82) is 0 Å². The van der Waals surface area contributed by atoms with E-state index in [-0.39, 0.29) is 5.91 Å². The SMILES string of the molecule is Cc1noc(-c2nn(C)c3c2CN(C(=O)c2cc4c(s2)CCCC4)CC3)n1. The molecule has 0 unspecified atom stereocenters. The predicted octanol–water partition coefficient (Wildman–Crippen LogP) is 2.92. The standard InChI is InChI=1S/C19H21N5O2S/c1-11-20-18(26-22-11)17-13-10-24(8-7-14(13)23(2)21-17)19(25)16-9-12-5-3-4-6-15(12)27-16/h9H,3-8,10H2,1-2H3. The first-order valence-corrected chi connectivity index (χ1v) is 10.2. The molecule has 0 fully saturated rings. The molecule has 0 N–H and O–H groups in total. The number of hydrogen-bond acceptors (Lipinski definition) is 6. The molecular weight excluding hydrogens is 362 g/mol. The van der Waals surface area contributed by atoms with Crippen molar-refractivity contribution in [1.82, 2.24) is 24.8 Å². The van der Waals surface area contributed by atoms with Gasteiger partial charge in [0, 0.05) is 36.1 Å². The van der Waals surface area contributed by atoms with Crippen LogP contribution in [0.25, 0.3) is 11.6 Å². The van der Waals surface area contributed by atoms with Crippen LogP contribution in [-0.4, -0.2) is 37.3 Å². The van der Waals surface area contributed by atoms with Crippen molar-refractivity contribution in [3.8, 4) is 11.6 Å². The van der Waals surface area contributed by atoms with E-state index < -0.39 is 0 Å². The number of carbonyl (C=O) groups is 1. The highest BCUT2D eigenvalue weighted by Crippen LogP contribution is 2.33. The number of amides is 1. The van der Waals surface area contributed by atoms with Gasteiger partial charge in [-0.2, -0.15) is 10.1 Å². The Labute approximate surface area is 161 Å². The number of carbonyl (C=O) groups excluding carboxylic acids is 1. The number of thiophene rings is 1. The average molecular weight is 383 g/mol. The third-order valence-electron chi connectivity index (χ3n) is 5.47. The van der Waals surface area contributed by atoms with Crippen molar-refractivity contribution in [3.63, 3.8) is 0 Å². The molecule has 0 saturated carbocycles. The summed E-state index contributed by atoms with van der Waals surface area (Å²) in [5.74, 6) is 1.12. The lowest BCUT2D eigenvalue weighted by atomic mass is 9.99. The molecule has 4 heterocycles. The Morgan fingerprint density at radius 3 is 2.89 bits per heavy atom. The van der Waals surface area contributed by atoms with Gasteiger partial charge in [0.05, 0.1) is 11.4 Å². The monoisotopic (exact) mass is 383 g/mol. The summed E-state index contributed by atoms with van der Waals surface area (Å²) in [7, 11) is 1.93. The van der Waals surface area contributed by atoms with E-state index in [0.717, 1.165) is 35.4 Å². The molecule has 0 saturated heterocycles. The molecule has 0 spiro atoms. The first kappa shape index (κ1) is 16.7. The normalized spacial score (nSPS) is 16.3. The van der Waals surface area contributed by atoms with E-state index in [0.29, 0.717) is 30.5 Å². The molecule has 3 aromatic rings. The molecule has 27 heavy (non-hydrogen) atoms. The summed E-state index contributed by atoms with van der Waals surface area (Å²) in [4.78, 5) is 21.6. The first-order chi connectivity index (χ1) is 13.1. The number of aromatic nitrogens is 4. The largest absolute Gasteiger partial charge is 0.333 e. The molecule has 0 aromatic carbocycles. The summed E-state index contributed by atoms with van der Waals surface area (Å²) in [6.45, 7) is 3.02. The Hall–Kier alpha value is -2.48. The zero-order valence-corrected chi connectivity index (χ0v) is 16.3. The Balaban J connectivity index is 1.45. The van der Waals surface area contributed by atoms with Gasteiger partial charge in [-0.25, -0.2) is 0 Å². The Morgan fingerprint density at radius 2 is 2.11 bits per heavy atom. The van der Waals surface area contributed by atoms with Crippen molar-refractivity contribution >= 4 is 17.2 Å². The van der Waals surface area contributed by atoms with Gasteiger partial charge in [-0.15, -0.1) is 11.3 Å². The third kappa shape index (κ3) is 2.79. The zero-order valence-electron chi connectivity index (χ0n) is 15.5. The van der Waals surface area contributed by atoms with Gasteiger partial charge < -0.3 is 9.42 Å². The van der Waals surface area contributed by atoms with Crippen LogP contribution in [0.3, 0.4) is 0 Å². The molecule has 2 aliphatic rings. The maximum atomic E-state index is 13.1. The lowest BCUT2D eigenvalue weighted by Gasteiger charge is -2.27. The number of fused-ring (bicyclic) bond motifs is 2. The summed E-state index contributed by atoms with van der Waals surface area (Å²) in [5.41, 5.74) is 4.21. The lowest BCUT2D eigenvalue weighted by Crippen LogP contribution is -2.36. The summed E-state index contributed by atoms with van der Waals surface area (Å²) in [5, 5.41) is 8.46. The summed E-state index contributed by atoms with van der Waals surface area (Å²) in [6, 6.07) is 2.11. The van der Waals surface area contributed by atoms with E-state index in [9.17, 15) is 4.79 Å². The fourth-order valence-corrected chi connectivity index (χ4v) is 5.30. The van der Waals surface area contributed by atoms with Crippen LogP contribution >= 0.6 is 11.3 Å². The molecule has 3 aromatic heterocycles. The van der Waals surface area contributed by atoms with E-state index >= 15 is 0 Å². The van der Waals surface area contributed by atoms with Crippen LogP contribution in [0.1, 0.15) is 50.0 Å². The van der Waals surface area contributed by atoms with Crippen LogP contribution in [0.5, 0.6) is 0 Å². The minimum absolute atomic E-state index is 0.122. The van der Waals surface area contributed by atoms with Crippen LogP contribution in [0.4, 0.5) is 0 Å². The van der Waals surface area contributed by atoms with E-state index in [2.05, 4.69) is 21.3 Å². The molecule has 0 bridgehead atoms. The van der Waals surface area contributed by atoms with Crippen LogP contribution in [-0.2, 0) is 32.9 Å². The summed E-state index contributed by atoms with van der Waals surface area (Å²) in [6.07, 6.45) is 5.46. The lowest BCUT2D eigenvalue weighted by molar-refractivity contribution is 0.0738. The van der Waals surface area contributed by atoms with Crippen LogP contribution < -0.4 is 0 Å². The Kier molecular flexibility index (Phi) is 3.89. The van der Waals surface area contributed by atoms with Gasteiger partial charge in [-0.1, -0.05) is 5.16 Å².